The molecule has 0 spiro atoms. The summed E-state index contributed by atoms with van der Waals surface area (Å²) >= 11 is 0. The number of rotatable bonds is 6. The van der Waals surface area contributed by atoms with Crippen LogP contribution in [0.15, 0.2) is 18.2 Å². The van der Waals surface area contributed by atoms with E-state index in [1.165, 1.54) is 4.90 Å². The van der Waals surface area contributed by atoms with E-state index >= 15 is 0 Å². The summed E-state index contributed by atoms with van der Waals surface area (Å²) in [5, 5.41) is 11.7. The molecule has 2 amide bonds. The van der Waals surface area contributed by atoms with Gasteiger partial charge in [-0.25, -0.2) is 4.79 Å². The minimum atomic E-state index is -0.879. The number of hydrogen-bond acceptors (Lipinski definition) is 3. The first-order valence-corrected chi connectivity index (χ1v) is 7.11. The van der Waals surface area contributed by atoms with Crippen molar-refractivity contribution in [3.05, 3.63) is 29.6 Å². The van der Waals surface area contributed by atoms with Gasteiger partial charge in [0, 0.05) is 18.8 Å². The Morgan fingerprint density at radius 1 is 1.48 bits per heavy atom. The Morgan fingerprint density at radius 3 is 2.76 bits per heavy atom. The highest BCUT2D eigenvalue weighted by Crippen LogP contribution is 2.34. The molecule has 2 N–H and O–H groups in total. The van der Waals surface area contributed by atoms with Gasteiger partial charge in [-0.15, -0.1) is 0 Å². The molecular formula is C15H21N3O3. The molecule has 0 radical (unpaired) electrons. The Kier molecular flexibility index (Phi) is 4.77. The van der Waals surface area contributed by atoms with Gasteiger partial charge in [-0.1, -0.05) is 6.07 Å². The monoisotopic (exact) mass is 291 g/mol. The van der Waals surface area contributed by atoms with E-state index in [4.69, 9.17) is 5.11 Å². The molecule has 6 heteroatoms. The van der Waals surface area contributed by atoms with Gasteiger partial charge in [-0.3, -0.25) is 9.78 Å². The third-order valence-corrected chi connectivity index (χ3v) is 3.59. The fourth-order valence-electron chi connectivity index (χ4n) is 2.29. The number of carbonyl (C=O) groups is 2. The summed E-state index contributed by atoms with van der Waals surface area (Å²) in [4.78, 5) is 28.9. The number of amides is 2. The summed E-state index contributed by atoms with van der Waals surface area (Å²) in [5.74, 6) is -0.578. The lowest BCUT2D eigenvalue weighted by atomic mass is 10.1. The molecule has 0 bridgehead atoms. The lowest BCUT2D eigenvalue weighted by molar-refractivity contribution is -0.137. The highest BCUT2D eigenvalue weighted by atomic mass is 16.4. The Bertz CT molecular complexity index is 529. The Morgan fingerprint density at radius 2 is 2.19 bits per heavy atom. The Hall–Kier alpha value is -2.11. The topological polar surface area (TPSA) is 82.5 Å². The molecule has 114 valence electrons. The zero-order valence-electron chi connectivity index (χ0n) is 12.4. The van der Waals surface area contributed by atoms with Gasteiger partial charge >= 0.3 is 12.0 Å². The molecule has 1 aliphatic rings. The SMILES string of the molecule is Cc1cccc(CN(C)C(=O)NC(CC(=O)O)C2CC2)n1. The summed E-state index contributed by atoms with van der Waals surface area (Å²) < 4.78 is 0. The number of carbonyl (C=O) groups excluding carboxylic acids is 1. The predicted molar refractivity (Wildman–Crippen MR) is 77.7 cm³/mol. The average molecular weight is 291 g/mol. The second kappa shape index (κ2) is 6.56. The minimum absolute atomic E-state index is 0.0209. The molecule has 1 unspecified atom stereocenters. The maximum atomic E-state index is 12.2. The third kappa shape index (κ3) is 4.73. The number of nitrogens with zero attached hydrogens (tertiary/aromatic N) is 2. The third-order valence-electron chi connectivity index (χ3n) is 3.59. The van der Waals surface area contributed by atoms with Gasteiger partial charge < -0.3 is 15.3 Å². The molecule has 1 atom stereocenters. The van der Waals surface area contributed by atoms with Crippen LogP contribution in [-0.4, -0.2) is 40.1 Å². The zero-order valence-corrected chi connectivity index (χ0v) is 12.4. The number of carboxylic acid groups (broad SMARTS) is 1. The molecule has 1 aromatic rings. The number of hydrogen-bond donors (Lipinski definition) is 2. The minimum Gasteiger partial charge on any atom is -0.481 e. The van der Waals surface area contributed by atoms with Crippen LogP contribution in [0.3, 0.4) is 0 Å². The molecular weight excluding hydrogens is 270 g/mol. The maximum absolute atomic E-state index is 12.2. The number of aliphatic carboxylic acids is 1. The first kappa shape index (κ1) is 15.3. The van der Waals surface area contributed by atoms with Crippen LogP contribution in [0.25, 0.3) is 0 Å². The number of nitrogens with one attached hydrogen (secondary N) is 1. The number of carboxylic acids is 1. The highest BCUT2D eigenvalue weighted by Gasteiger charge is 2.34. The number of urea groups is 1. The van der Waals surface area contributed by atoms with Crippen LogP contribution in [0.4, 0.5) is 4.79 Å². The molecule has 0 aromatic carbocycles. The van der Waals surface area contributed by atoms with Crippen molar-refractivity contribution in [2.45, 2.75) is 38.8 Å². The summed E-state index contributed by atoms with van der Waals surface area (Å²) in [7, 11) is 1.68. The van der Waals surface area contributed by atoms with Crippen molar-refractivity contribution in [2.24, 2.45) is 5.92 Å². The second-order valence-corrected chi connectivity index (χ2v) is 5.62. The number of aryl methyl sites for hydroxylation is 1. The van der Waals surface area contributed by atoms with Gasteiger partial charge in [0.25, 0.3) is 0 Å². The highest BCUT2D eigenvalue weighted by molar-refractivity contribution is 5.75. The first-order valence-electron chi connectivity index (χ1n) is 7.11. The Labute approximate surface area is 124 Å². The van der Waals surface area contributed by atoms with Crippen molar-refractivity contribution in [3.63, 3.8) is 0 Å². The van der Waals surface area contributed by atoms with Gasteiger partial charge in [0.15, 0.2) is 0 Å². The molecule has 2 rings (SSSR count). The van der Waals surface area contributed by atoms with E-state index in [1.54, 1.807) is 7.05 Å². The van der Waals surface area contributed by atoms with Gasteiger partial charge in [0.05, 0.1) is 18.7 Å². The van der Waals surface area contributed by atoms with Crippen LogP contribution < -0.4 is 5.32 Å². The number of pyridine rings is 1. The van der Waals surface area contributed by atoms with Gasteiger partial charge in [0.2, 0.25) is 0 Å². The van der Waals surface area contributed by atoms with Crippen molar-refractivity contribution in [1.29, 1.82) is 0 Å². The van der Waals surface area contributed by atoms with Gasteiger partial charge in [-0.2, -0.15) is 0 Å². The summed E-state index contributed by atoms with van der Waals surface area (Å²) in [6, 6.07) is 5.15. The molecule has 1 fully saturated rings. The zero-order chi connectivity index (χ0) is 15.4. The smallest absolute Gasteiger partial charge is 0.317 e. The molecule has 0 saturated heterocycles. The molecule has 21 heavy (non-hydrogen) atoms. The fourth-order valence-corrected chi connectivity index (χ4v) is 2.29. The van der Waals surface area contributed by atoms with E-state index in [2.05, 4.69) is 10.3 Å². The lowest BCUT2D eigenvalue weighted by Crippen LogP contribution is -2.44. The quantitative estimate of drug-likeness (QED) is 0.837. The Balaban J connectivity index is 1.90. The van der Waals surface area contributed by atoms with Crippen molar-refractivity contribution in [1.82, 2.24) is 15.2 Å². The summed E-state index contributed by atoms with van der Waals surface area (Å²) in [6.45, 7) is 2.30. The molecule has 0 aliphatic heterocycles. The van der Waals surface area contributed by atoms with E-state index in [0.717, 1.165) is 24.2 Å². The average Bonchev–Trinajstić information content (AvgIpc) is 3.21. The lowest BCUT2D eigenvalue weighted by Gasteiger charge is -2.22. The van der Waals surface area contributed by atoms with Crippen molar-refractivity contribution < 1.29 is 14.7 Å². The molecule has 1 aliphatic carbocycles. The van der Waals surface area contributed by atoms with E-state index in [9.17, 15) is 9.59 Å². The van der Waals surface area contributed by atoms with Crippen molar-refractivity contribution >= 4 is 12.0 Å². The van der Waals surface area contributed by atoms with Gasteiger partial charge in [-0.05, 0) is 37.8 Å². The van der Waals surface area contributed by atoms with Crippen LogP contribution in [0.1, 0.15) is 30.7 Å². The largest absolute Gasteiger partial charge is 0.481 e. The van der Waals surface area contributed by atoms with Crippen LogP contribution in [0, 0.1) is 12.8 Å². The van der Waals surface area contributed by atoms with Gasteiger partial charge in [0.1, 0.15) is 0 Å². The summed E-state index contributed by atoms with van der Waals surface area (Å²) in [5.41, 5.74) is 1.72. The van der Waals surface area contributed by atoms with Crippen molar-refractivity contribution in [3.8, 4) is 0 Å². The van der Waals surface area contributed by atoms with Crippen LogP contribution in [0.5, 0.6) is 0 Å². The van der Waals surface area contributed by atoms with Crippen molar-refractivity contribution in [2.75, 3.05) is 7.05 Å². The molecule has 1 saturated carbocycles. The number of aromatic nitrogens is 1. The predicted octanol–water partition coefficient (Wildman–Crippen LogP) is 1.78. The fraction of sp³-hybridized carbons (Fsp3) is 0.533. The van der Waals surface area contributed by atoms with E-state index in [0.29, 0.717) is 12.5 Å². The maximum Gasteiger partial charge on any atom is 0.317 e. The normalized spacial score (nSPS) is 15.3. The van der Waals surface area contributed by atoms with E-state index < -0.39 is 5.97 Å². The molecule has 1 aromatic heterocycles. The standard InChI is InChI=1S/C15H21N3O3/c1-10-4-3-5-12(16-10)9-18(2)15(21)17-13(8-14(19)20)11-6-7-11/h3-5,11,13H,6-9H2,1-2H3,(H,17,21)(H,19,20). The molecule has 1 heterocycles. The first-order chi connectivity index (χ1) is 9.95. The van der Waals surface area contributed by atoms with Crippen LogP contribution in [-0.2, 0) is 11.3 Å². The van der Waals surface area contributed by atoms with Crippen LogP contribution in [0.2, 0.25) is 0 Å². The van der Waals surface area contributed by atoms with Crippen LogP contribution >= 0.6 is 0 Å². The van der Waals surface area contributed by atoms with E-state index in [-0.39, 0.29) is 18.5 Å². The molecule has 6 nitrogen and oxygen atoms in total. The van der Waals surface area contributed by atoms with E-state index in [1.807, 2.05) is 25.1 Å². The second-order valence-electron chi connectivity index (χ2n) is 5.62. The summed E-state index contributed by atoms with van der Waals surface area (Å²) in [6.07, 6.45) is 1.95.